The number of hydrogen-bond donors (Lipinski definition) is 3. The predicted octanol–water partition coefficient (Wildman–Crippen LogP) is 2.66. The van der Waals surface area contributed by atoms with Crippen molar-refractivity contribution in [2.24, 2.45) is 7.05 Å². The number of aliphatic hydroxyl groups is 1. The first-order valence-corrected chi connectivity index (χ1v) is 11.9. The number of rotatable bonds is 7. The van der Waals surface area contributed by atoms with Gasteiger partial charge in [0.15, 0.2) is 0 Å². The minimum atomic E-state index is -0.364. The fraction of sp³-hybridized carbons (Fsp3) is 0.435. The lowest BCUT2D eigenvalue weighted by atomic mass is 9.88. The van der Waals surface area contributed by atoms with Crippen molar-refractivity contribution in [3.63, 3.8) is 0 Å². The number of fused-ring (bicyclic) bond motifs is 1. The van der Waals surface area contributed by atoms with E-state index in [1.807, 2.05) is 60.1 Å². The predicted molar refractivity (Wildman–Crippen MR) is 125 cm³/mol. The molecule has 4 aromatic heterocycles. The fourth-order valence-electron chi connectivity index (χ4n) is 4.53. The second-order valence-electron chi connectivity index (χ2n) is 8.57. The molecule has 8 nitrogen and oxygen atoms in total. The van der Waals surface area contributed by atoms with Gasteiger partial charge in [-0.1, -0.05) is 6.07 Å². The molecule has 32 heavy (non-hydrogen) atoms. The van der Waals surface area contributed by atoms with Gasteiger partial charge in [0.1, 0.15) is 10.7 Å². The number of aryl methyl sites for hydroxylation is 2. The molecule has 168 valence electrons. The second-order valence-corrected chi connectivity index (χ2v) is 9.69. The SMILES string of the molecule is Cc1nn(C)cc1-c1ncc(CN[C@H]2CC[C@H](NCc3cccn4ccnc34)C[C@H]2O)s1. The highest BCUT2D eigenvalue weighted by molar-refractivity contribution is 7.15. The highest BCUT2D eigenvalue weighted by Crippen LogP contribution is 2.28. The van der Waals surface area contributed by atoms with E-state index in [1.165, 1.54) is 10.4 Å². The molecule has 0 bridgehead atoms. The van der Waals surface area contributed by atoms with E-state index < -0.39 is 0 Å². The van der Waals surface area contributed by atoms with Crippen LogP contribution in [0.3, 0.4) is 0 Å². The van der Waals surface area contributed by atoms with Gasteiger partial charge in [-0.25, -0.2) is 9.97 Å². The number of nitrogens with zero attached hydrogens (tertiary/aromatic N) is 5. The molecule has 1 aliphatic carbocycles. The summed E-state index contributed by atoms with van der Waals surface area (Å²) in [6.45, 7) is 3.49. The van der Waals surface area contributed by atoms with Crippen molar-refractivity contribution in [3.05, 3.63) is 59.3 Å². The number of nitrogens with one attached hydrogen (secondary N) is 2. The van der Waals surface area contributed by atoms with Crippen molar-refractivity contribution in [1.29, 1.82) is 0 Å². The zero-order valence-corrected chi connectivity index (χ0v) is 19.2. The van der Waals surface area contributed by atoms with E-state index >= 15 is 0 Å². The van der Waals surface area contributed by atoms with Crippen molar-refractivity contribution < 1.29 is 5.11 Å². The van der Waals surface area contributed by atoms with Crippen LogP contribution in [-0.4, -0.2) is 47.4 Å². The van der Waals surface area contributed by atoms with E-state index in [2.05, 4.69) is 31.8 Å². The Morgan fingerprint density at radius 3 is 2.91 bits per heavy atom. The van der Waals surface area contributed by atoms with Crippen LogP contribution in [0.1, 0.15) is 35.4 Å². The largest absolute Gasteiger partial charge is 0.391 e. The smallest absolute Gasteiger partial charge is 0.141 e. The van der Waals surface area contributed by atoms with Crippen LogP contribution in [0.5, 0.6) is 0 Å². The molecule has 0 amide bonds. The third kappa shape index (κ3) is 4.47. The zero-order valence-electron chi connectivity index (χ0n) is 18.4. The summed E-state index contributed by atoms with van der Waals surface area (Å²) in [5, 5.41) is 23.3. The third-order valence-electron chi connectivity index (χ3n) is 6.23. The molecule has 0 unspecified atom stereocenters. The quantitative estimate of drug-likeness (QED) is 0.400. The minimum absolute atomic E-state index is 0.106. The maximum absolute atomic E-state index is 10.7. The Bertz CT molecular complexity index is 1200. The van der Waals surface area contributed by atoms with Crippen LogP contribution in [0, 0.1) is 6.92 Å². The van der Waals surface area contributed by atoms with Gasteiger partial charge in [-0.2, -0.15) is 5.10 Å². The van der Waals surface area contributed by atoms with Gasteiger partial charge >= 0.3 is 0 Å². The zero-order chi connectivity index (χ0) is 22.1. The topological polar surface area (TPSA) is 92.3 Å². The van der Waals surface area contributed by atoms with E-state index in [1.54, 1.807) is 11.3 Å². The van der Waals surface area contributed by atoms with Crippen LogP contribution in [0.4, 0.5) is 0 Å². The Morgan fingerprint density at radius 1 is 1.19 bits per heavy atom. The first-order chi connectivity index (χ1) is 15.6. The van der Waals surface area contributed by atoms with Crippen molar-refractivity contribution >= 4 is 17.0 Å². The number of aromatic nitrogens is 5. The van der Waals surface area contributed by atoms with Gasteiger partial charge in [0.25, 0.3) is 0 Å². The summed E-state index contributed by atoms with van der Waals surface area (Å²) in [5.41, 5.74) is 4.24. The summed E-state index contributed by atoms with van der Waals surface area (Å²) in [5.74, 6) is 0. The van der Waals surface area contributed by atoms with Gasteiger partial charge in [-0.3, -0.25) is 4.68 Å². The average Bonchev–Trinajstić information content (AvgIpc) is 3.51. The van der Waals surface area contributed by atoms with E-state index in [-0.39, 0.29) is 12.1 Å². The Balaban J connectivity index is 1.12. The number of imidazole rings is 1. The van der Waals surface area contributed by atoms with E-state index in [4.69, 9.17) is 0 Å². The van der Waals surface area contributed by atoms with Crippen LogP contribution < -0.4 is 10.6 Å². The van der Waals surface area contributed by atoms with Gasteiger partial charge in [-0.05, 0) is 32.3 Å². The fourth-order valence-corrected chi connectivity index (χ4v) is 5.45. The van der Waals surface area contributed by atoms with E-state index in [0.29, 0.717) is 6.04 Å². The Kier molecular flexibility index (Phi) is 6.05. The number of thiazole rings is 1. The average molecular weight is 452 g/mol. The van der Waals surface area contributed by atoms with Crippen molar-refractivity contribution in [1.82, 2.24) is 34.8 Å². The van der Waals surface area contributed by atoms with Crippen LogP contribution in [-0.2, 0) is 20.1 Å². The summed E-state index contributed by atoms with van der Waals surface area (Å²) in [6, 6.07) is 4.56. The first kappa shape index (κ1) is 21.3. The van der Waals surface area contributed by atoms with Crippen LogP contribution in [0.15, 0.2) is 43.1 Å². The molecule has 1 aliphatic rings. The number of hydrogen-bond acceptors (Lipinski definition) is 7. The van der Waals surface area contributed by atoms with Gasteiger partial charge in [-0.15, -0.1) is 11.3 Å². The molecule has 9 heteroatoms. The number of aliphatic hydroxyl groups excluding tert-OH is 1. The molecule has 1 saturated carbocycles. The molecule has 5 rings (SSSR count). The standard InChI is InChI=1S/C23H29N7OS/c1-15-19(14-29(2)28-15)23-27-13-18(32-23)12-26-20-6-5-17(10-21(20)31)25-11-16-4-3-8-30-9-7-24-22(16)30/h3-4,7-9,13-14,17,20-21,25-26,31H,5-6,10-12H2,1-2H3/t17-,20-,21+/m0/s1. The molecule has 1 fully saturated rings. The minimum Gasteiger partial charge on any atom is -0.391 e. The lowest BCUT2D eigenvalue weighted by Gasteiger charge is -2.34. The summed E-state index contributed by atoms with van der Waals surface area (Å²) in [6.07, 6.45) is 12.1. The summed E-state index contributed by atoms with van der Waals surface area (Å²) in [7, 11) is 1.93. The van der Waals surface area contributed by atoms with Crippen molar-refractivity contribution in [2.75, 3.05) is 0 Å². The Morgan fingerprint density at radius 2 is 2.09 bits per heavy atom. The van der Waals surface area contributed by atoms with Crippen molar-refractivity contribution in [3.8, 4) is 10.6 Å². The van der Waals surface area contributed by atoms with Crippen molar-refractivity contribution in [2.45, 2.75) is 57.5 Å². The molecular formula is C23H29N7OS. The highest BCUT2D eigenvalue weighted by Gasteiger charge is 2.28. The lowest BCUT2D eigenvalue weighted by Crippen LogP contribution is -2.48. The first-order valence-electron chi connectivity index (χ1n) is 11.1. The molecule has 0 saturated heterocycles. The molecular weight excluding hydrogens is 422 g/mol. The van der Waals surface area contributed by atoms with Gasteiger partial charge < -0.3 is 20.1 Å². The molecule has 3 atom stereocenters. The maximum atomic E-state index is 10.7. The Labute approximate surface area is 191 Å². The van der Waals surface area contributed by atoms with Crippen LogP contribution in [0.2, 0.25) is 0 Å². The number of pyridine rings is 1. The molecule has 3 N–H and O–H groups in total. The van der Waals surface area contributed by atoms with Gasteiger partial charge in [0, 0.05) is 73.6 Å². The second kappa shape index (κ2) is 9.11. The molecule has 0 radical (unpaired) electrons. The molecule has 0 spiro atoms. The molecule has 4 aromatic rings. The summed E-state index contributed by atoms with van der Waals surface area (Å²) in [4.78, 5) is 10.2. The third-order valence-corrected chi connectivity index (χ3v) is 7.26. The maximum Gasteiger partial charge on any atom is 0.141 e. The summed E-state index contributed by atoms with van der Waals surface area (Å²) < 4.78 is 3.86. The Hall–Kier alpha value is -2.59. The van der Waals surface area contributed by atoms with Gasteiger partial charge in [0.2, 0.25) is 0 Å². The lowest BCUT2D eigenvalue weighted by molar-refractivity contribution is 0.0743. The van der Waals surface area contributed by atoms with E-state index in [0.717, 1.165) is 54.3 Å². The molecule has 4 heterocycles. The van der Waals surface area contributed by atoms with Gasteiger partial charge in [0.05, 0.1) is 17.4 Å². The summed E-state index contributed by atoms with van der Waals surface area (Å²) >= 11 is 1.68. The monoisotopic (exact) mass is 451 g/mol. The van der Waals surface area contributed by atoms with E-state index in [9.17, 15) is 5.11 Å². The normalized spacial score (nSPS) is 21.4. The van der Waals surface area contributed by atoms with Crippen LogP contribution in [0.25, 0.3) is 16.2 Å². The molecule has 0 aromatic carbocycles. The van der Waals surface area contributed by atoms with Crippen LogP contribution >= 0.6 is 11.3 Å². The molecule has 0 aliphatic heterocycles. The highest BCUT2D eigenvalue weighted by atomic mass is 32.1.